The molecule has 0 spiro atoms. The maximum atomic E-state index is 10.7. The summed E-state index contributed by atoms with van der Waals surface area (Å²) < 4.78 is 0. The molecule has 1 aromatic carbocycles. The molecule has 1 aliphatic rings. The topological polar surface area (TPSA) is 20.2 Å². The molecule has 1 fully saturated rings. The van der Waals surface area contributed by atoms with Gasteiger partial charge in [0.25, 0.3) is 0 Å². The summed E-state index contributed by atoms with van der Waals surface area (Å²) in [6.07, 6.45) is 5.39. The number of hydrogen-bond acceptors (Lipinski definition) is 1. The Morgan fingerprint density at radius 1 is 1.25 bits per heavy atom. The van der Waals surface area contributed by atoms with Gasteiger partial charge in [0, 0.05) is 6.42 Å². The van der Waals surface area contributed by atoms with Gasteiger partial charge in [0.15, 0.2) is 0 Å². The number of benzene rings is 1. The van der Waals surface area contributed by atoms with Crippen LogP contribution in [0.1, 0.15) is 43.7 Å². The normalized spacial score (nSPS) is 30.3. The third-order valence-corrected chi connectivity index (χ3v) is 4.04. The highest BCUT2D eigenvalue weighted by atomic mass is 16.3. The number of rotatable bonds is 2. The molecule has 0 saturated heterocycles. The molecule has 2 rings (SSSR count). The van der Waals surface area contributed by atoms with E-state index in [4.69, 9.17) is 0 Å². The Kier molecular flexibility index (Phi) is 3.34. The summed E-state index contributed by atoms with van der Waals surface area (Å²) in [7, 11) is 0. The molecule has 0 bridgehead atoms. The van der Waals surface area contributed by atoms with Gasteiger partial charge in [0.05, 0.1) is 5.60 Å². The highest BCUT2D eigenvalue weighted by Gasteiger charge is 2.35. The molecular weight excluding hydrogens is 196 g/mol. The number of aliphatic hydroxyl groups is 1. The van der Waals surface area contributed by atoms with Crippen molar-refractivity contribution in [3.63, 3.8) is 0 Å². The van der Waals surface area contributed by atoms with Crippen LogP contribution in [0.25, 0.3) is 0 Å². The molecule has 0 amide bonds. The predicted molar refractivity (Wildman–Crippen MR) is 67.5 cm³/mol. The van der Waals surface area contributed by atoms with Crippen molar-refractivity contribution in [3.8, 4) is 0 Å². The third kappa shape index (κ3) is 2.46. The third-order valence-electron chi connectivity index (χ3n) is 4.04. The lowest BCUT2D eigenvalue weighted by Gasteiger charge is -2.38. The van der Waals surface area contributed by atoms with Gasteiger partial charge in [-0.2, -0.15) is 0 Å². The first kappa shape index (κ1) is 11.7. The lowest BCUT2D eigenvalue weighted by molar-refractivity contribution is -0.0405. The zero-order valence-electron chi connectivity index (χ0n) is 10.4. The lowest BCUT2D eigenvalue weighted by atomic mass is 9.73. The van der Waals surface area contributed by atoms with Gasteiger partial charge in [-0.15, -0.1) is 0 Å². The van der Waals surface area contributed by atoms with Crippen molar-refractivity contribution in [2.45, 2.75) is 51.6 Å². The SMILES string of the molecule is Cc1ccc(CC2(O)CCCCC2C)cc1. The largest absolute Gasteiger partial charge is 0.389 e. The van der Waals surface area contributed by atoms with E-state index >= 15 is 0 Å². The van der Waals surface area contributed by atoms with E-state index in [0.29, 0.717) is 5.92 Å². The van der Waals surface area contributed by atoms with E-state index in [1.807, 2.05) is 0 Å². The molecule has 1 aliphatic carbocycles. The highest BCUT2D eigenvalue weighted by molar-refractivity contribution is 5.23. The van der Waals surface area contributed by atoms with Crippen LogP contribution in [0.3, 0.4) is 0 Å². The average Bonchev–Trinajstić information content (AvgIpc) is 2.26. The molecule has 1 N–H and O–H groups in total. The maximum Gasteiger partial charge on any atom is 0.0713 e. The first-order valence-electron chi connectivity index (χ1n) is 6.38. The van der Waals surface area contributed by atoms with E-state index < -0.39 is 5.60 Å². The van der Waals surface area contributed by atoms with Gasteiger partial charge < -0.3 is 5.11 Å². The van der Waals surface area contributed by atoms with Crippen LogP contribution in [0.15, 0.2) is 24.3 Å². The zero-order valence-corrected chi connectivity index (χ0v) is 10.4. The molecular formula is C15H22O. The van der Waals surface area contributed by atoms with E-state index in [9.17, 15) is 5.11 Å². The van der Waals surface area contributed by atoms with Crippen LogP contribution in [0.4, 0.5) is 0 Å². The molecule has 0 heterocycles. The minimum absolute atomic E-state index is 0.433. The quantitative estimate of drug-likeness (QED) is 0.805. The summed E-state index contributed by atoms with van der Waals surface area (Å²) in [6.45, 7) is 4.29. The van der Waals surface area contributed by atoms with Gasteiger partial charge in [-0.05, 0) is 31.2 Å². The smallest absolute Gasteiger partial charge is 0.0713 e. The number of hydrogen-bond donors (Lipinski definition) is 1. The predicted octanol–water partition coefficient (Wildman–Crippen LogP) is 3.48. The summed E-state index contributed by atoms with van der Waals surface area (Å²) in [6, 6.07) is 8.56. The van der Waals surface area contributed by atoms with Crippen molar-refractivity contribution >= 4 is 0 Å². The second-order valence-electron chi connectivity index (χ2n) is 5.41. The van der Waals surface area contributed by atoms with Crippen molar-refractivity contribution in [1.29, 1.82) is 0 Å². The monoisotopic (exact) mass is 218 g/mol. The fourth-order valence-corrected chi connectivity index (χ4v) is 2.72. The van der Waals surface area contributed by atoms with E-state index in [-0.39, 0.29) is 0 Å². The fourth-order valence-electron chi connectivity index (χ4n) is 2.72. The summed E-state index contributed by atoms with van der Waals surface area (Å²) in [4.78, 5) is 0. The summed E-state index contributed by atoms with van der Waals surface area (Å²) in [5.74, 6) is 0.433. The van der Waals surface area contributed by atoms with Gasteiger partial charge >= 0.3 is 0 Å². The summed E-state index contributed by atoms with van der Waals surface area (Å²) >= 11 is 0. The number of aryl methyl sites for hydroxylation is 1. The van der Waals surface area contributed by atoms with Crippen molar-refractivity contribution in [2.75, 3.05) is 0 Å². The first-order chi connectivity index (χ1) is 7.60. The van der Waals surface area contributed by atoms with Gasteiger partial charge in [-0.3, -0.25) is 0 Å². The molecule has 0 radical (unpaired) electrons. The van der Waals surface area contributed by atoms with Crippen LogP contribution in [0.2, 0.25) is 0 Å². The second kappa shape index (κ2) is 4.58. The van der Waals surface area contributed by atoms with Crippen molar-refractivity contribution in [1.82, 2.24) is 0 Å². The van der Waals surface area contributed by atoms with Gasteiger partial charge in [-0.1, -0.05) is 49.6 Å². The van der Waals surface area contributed by atoms with Gasteiger partial charge in [0.2, 0.25) is 0 Å². The van der Waals surface area contributed by atoms with E-state index in [1.54, 1.807) is 0 Å². The van der Waals surface area contributed by atoms with Crippen molar-refractivity contribution < 1.29 is 5.11 Å². The molecule has 1 saturated carbocycles. The molecule has 0 aromatic heterocycles. The highest BCUT2D eigenvalue weighted by Crippen LogP contribution is 2.36. The molecule has 0 aliphatic heterocycles. The second-order valence-corrected chi connectivity index (χ2v) is 5.41. The van der Waals surface area contributed by atoms with Crippen LogP contribution in [0, 0.1) is 12.8 Å². The van der Waals surface area contributed by atoms with Crippen molar-refractivity contribution in [2.24, 2.45) is 5.92 Å². The molecule has 88 valence electrons. The lowest BCUT2D eigenvalue weighted by Crippen LogP contribution is -2.41. The van der Waals surface area contributed by atoms with Crippen LogP contribution in [-0.2, 0) is 6.42 Å². The van der Waals surface area contributed by atoms with E-state index in [2.05, 4.69) is 38.1 Å². The molecule has 2 atom stereocenters. The Labute approximate surface area is 98.5 Å². The van der Waals surface area contributed by atoms with Crippen molar-refractivity contribution in [3.05, 3.63) is 35.4 Å². The Bertz CT molecular complexity index is 341. The van der Waals surface area contributed by atoms with Crippen LogP contribution >= 0.6 is 0 Å². The zero-order chi connectivity index (χ0) is 11.6. The molecule has 1 heteroatoms. The Hall–Kier alpha value is -0.820. The average molecular weight is 218 g/mol. The first-order valence-corrected chi connectivity index (χ1v) is 6.38. The van der Waals surface area contributed by atoms with Gasteiger partial charge in [0.1, 0.15) is 0 Å². The minimum Gasteiger partial charge on any atom is -0.389 e. The minimum atomic E-state index is -0.465. The maximum absolute atomic E-state index is 10.7. The molecule has 1 nitrogen and oxygen atoms in total. The Morgan fingerprint density at radius 2 is 1.94 bits per heavy atom. The summed E-state index contributed by atoms with van der Waals surface area (Å²) in [5, 5.41) is 10.7. The van der Waals surface area contributed by atoms with Crippen LogP contribution < -0.4 is 0 Å². The summed E-state index contributed by atoms with van der Waals surface area (Å²) in [5.41, 5.74) is 2.09. The molecule has 2 unspecified atom stereocenters. The molecule has 16 heavy (non-hydrogen) atoms. The van der Waals surface area contributed by atoms with E-state index in [0.717, 1.165) is 12.8 Å². The standard InChI is InChI=1S/C15H22O/c1-12-6-8-14(9-7-12)11-15(16)10-4-3-5-13(15)2/h6-9,13,16H,3-5,10-11H2,1-2H3. The van der Waals surface area contributed by atoms with Crippen LogP contribution in [-0.4, -0.2) is 10.7 Å². The van der Waals surface area contributed by atoms with Crippen LogP contribution in [0.5, 0.6) is 0 Å². The molecule has 1 aromatic rings. The van der Waals surface area contributed by atoms with E-state index in [1.165, 1.54) is 30.4 Å². The fraction of sp³-hybridized carbons (Fsp3) is 0.600. The Morgan fingerprint density at radius 3 is 2.56 bits per heavy atom. The Balaban J connectivity index is 2.10. The van der Waals surface area contributed by atoms with Gasteiger partial charge in [-0.25, -0.2) is 0 Å².